The monoisotopic (exact) mass is 346 g/mol. The molecule has 4 aromatic rings. The second kappa shape index (κ2) is 6.40. The molecule has 4 N–H and O–H groups in total. The van der Waals surface area contributed by atoms with Crippen LogP contribution in [0.1, 0.15) is 6.92 Å². The van der Waals surface area contributed by atoms with Crippen LogP contribution >= 0.6 is 0 Å². The van der Waals surface area contributed by atoms with Crippen LogP contribution in [0.3, 0.4) is 0 Å². The number of carbonyl (C=O) groups excluding carboxylic acids is 1. The van der Waals surface area contributed by atoms with Crippen LogP contribution in [-0.4, -0.2) is 21.9 Å². The van der Waals surface area contributed by atoms with Gasteiger partial charge in [0.25, 0.3) is 0 Å². The van der Waals surface area contributed by atoms with Gasteiger partial charge in [-0.25, -0.2) is 4.79 Å². The lowest BCUT2D eigenvalue weighted by Gasteiger charge is -2.15. The predicted molar refractivity (Wildman–Crippen MR) is 105 cm³/mol. The van der Waals surface area contributed by atoms with E-state index in [-0.39, 0.29) is 11.6 Å². The Bertz CT molecular complexity index is 1160. The third-order valence-electron chi connectivity index (χ3n) is 4.31. The topological polar surface area (TPSA) is 89.8 Å². The molecule has 0 bridgehead atoms. The number of anilines is 2. The van der Waals surface area contributed by atoms with Crippen LogP contribution in [-0.2, 0) is 4.79 Å². The summed E-state index contributed by atoms with van der Waals surface area (Å²) in [5, 5.41) is 8.29. The Morgan fingerprint density at radius 1 is 0.885 bits per heavy atom. The molecule has 0 aliphatic heterocycles. The average Bonchev–Trinajstić information content (AvgIpc) is 3.01. The summed E-state index contributed by atoms with van der Waals surface area (Å²) in [7, 11) is 0. The van der Waals surface area contributed by atoms with Gasteiger partial charge in [0.05, 0.1) is 11.0 Å². The van der Waals surface area contributed by atoms with Crippen molar-refractivity contribution < 1.29 is 4.79 Å². The summed E-state index contributed by atoms with van der Waals surface area (Å²) in [6.45, 7) is 1.79. The Kier molecular flexibility index (Phi) is 3.93. The van der Waals surface area contributed by atoms with E-state index in [0.717, 1.165) is 27.7 Å². The predicted octanol–water partition coefficient (Wildman–Crippen LogP) is 3.45. The number of imidazole rings is 1. The molecule has 4 rings (SSSR count). The molecule has 0 saturated heterocycles. The van der Waals surface area contributed by atoms with E-state index >= 15 is 0 Å². The molecule has 1 heterocycles. The number of carbonyl (C=O) groups is 1. The third-order valence-corrected chi connectivity index (χ3v) is 4.31. The fourth-order valence-electron chi connectivity index (χ4n) is 2.96. The quantitative estimate of drug-likeness (QED) is 0.456. The summed E-state index contributed by atoms with van der Waals surface area (Å²) >= 11 is 0. The molecule has 1 aromatic heterocycles. The molecule has 0 aliphatic carbocycles. The van der Waals surface area contributed by atoms with Crippen molar-refractivity contribution in [2.45, 2.75) is 13.0 Å². The fraction of sp³-hybridized carbons (Fsp3) is 0.100. The Labute approximate surface area is 149 Å². The van der Waals surface area contributed by atoms with Crippen LogP contribution in [0, 0.1) is 0 Å². The van der Waals surface area contributed by atoms with E-state index in [1.165, 1.54) is 0 Å². The SMILES string of the molecule is CC(Nc1ccc2[nH]c(=O)[nH]c2c1)C(=O)Nc1ccc2ccccc2c1. The highest BCUT2D eigenvalue weighted by Crippen LogP contribution is 2.20. The maximum absolute atomic E-state index is 12.5. The minimum absolute atomic E-state index is 0.136. The second-order valence-electron chi connectivity index (χ2n) is 6.26. The second-order valence-corrected chi connectivity index (χ2v) is 6.26. The van der Waals surface area contributed by atoms with Gasteiger partial charge in [0, 0.05) is 11.4 Å². The minimum atomic E-state index is -0.440. The van der Waals surface area contributed by atoms with Crippen molar-refractivity contribution in [3.8, 4) is 0 Å². The largest absolute Gasteiger partial charge is 0.374 e. The molecule has 1 atom stereocenters. The number of benzene rings is 3. The highest BCUT2D eigenvalue weighted by Gasteiger charge is 2.13. The van der Waals surface area contributed by atoms with Gasteiger partial charge >= 0.3 is 5.69 Å². The molecular formula is C20H18N4O2. The summed E-state index contributed by atoms with van der Waals surface area (Å²) in [5.41, 5.74) is 2.69. The Balaban J connectivity index is 1.48. The van der Waals surface area contributed by atoms with Crippen LogP contribution in [0.2, 0.25) is 0 Å². The molecule has 0 fully saturated rings. The summed E-state index contributed by atoms with van der Waals surface area (Å²) in [6.07, 6.45) is 0. The molecular weight excluding hydrogens is 328 g/mol. The van der Waals surface area contributed by atoms with E-state index in [9.17, 15) is 9.59 Å². The highest BCUT2D eigenvalue weighted by molar-refractivity contribution is 5.98. The number of amides is 1. The number of hydrogen-bond acceptors (Lipinski definition) is 3. The zero-order chi connectivity index (χ0) is 18.1. The molecule has 0 radical (unpaired) electrons. The number of H-pyrrole nitrogens is 2. The summed E-state index contributed by atoms with van der Waals surface area (Å²) in [4.78, 5) is 29.2. The molecule has 3 aromatic carbocycles. The van der Waals surface area contributed by atoms with E-state index < -0.39 is 6.04 Å². The Morgan fingerprint density at radius 2 is 1.62 bits per heavy atom. The van der Waals surface area contributed by atoms with Crippen molar-refractivity contribution >= 4 is 39.1 Å². The number of rotatable bonds is 4. The lowest BCUT2D eigenvalue weighted by Crippen LogP contribution is -2.31. The lowest BCUT2D eigenvalue weighted by molar-refractivity contribution is -0.116. The van der Waals surface area contributed by atoms with E-state index in [4.69, 9.17) is 0 Å². The molecule has 1 unspecified atom stereocenters. The maximum Gasteiger partial charge on any atom is 0.323 e. The number of aromatic amines is 2. The van der Waals surface area contributed by atoms with Gasteiger partial charge in [-0.05, 0) is 48.0 Å². The third kappa shape index (κ3) is 3.17. The lowest BCUT2D eigenvalue weighted by atomic mass is 10.1. The van der Waals surface area contributed by atoms with E-state index in [0.29, 0.717) is 5.52 Å². The molecule has 0 spiro atoms. The van der Waals surface area contributed by atoms with Gasteiger partial charge in [-0.2, -0.15) is 0 Å². The highest BCUT2D eigenvalue weighted by atomic mass is 16.2. The van der Waals surface area contributed by atoms with Crippen molar-refractivity contribution in [2.24, 2.45) is 0 Å². The number of nitrogens with one attached hydrogen (secondary N) is 4. The van der Waals surface area contributed by atoms with Crippen molar-refractivity contribution in [1.82, 2.24) is 9.97 Å². The van der Waals surface area contributed by atoms with Gasteiger partial charge in [0.2, 0.25) is 5.91 Å². The molecule has 26 heavy (non-hydrogen) atoms. The van der Waals surface area contributed by atoms with Crippen molar-refractivity contribution in [3.63, 3.8) is 0 Å². The number of fused-ring (bicyclic) bond motifs is 2. The van der Waals surface area contributed by atoms with Gasteiger partial charge in [-0.3, -0.25) is 4.79 Å². The van der Waals surface area contributed by atoms with Gasteiger partial charge in [0.15, 0.2) is 0 Å². The van der Waals surface area contributed by atoms with Crippen molar-refractivity contribution in [1.29, 1.82) is 0 Å². The van der Waals surface area contributed by atoms with E-state index in [2.05, 4.69) is 20.6 Å². The molecule has 0 aliphatic rings. The Hall–Kier alpha value is -3.54. The fourth-order valence-corrected chi connectivity index (χ4v) is 2.96. The van der Waals surface area contributed by atoms with Gasteiger partial charge < -0.3 is 20.6 Å². The van der Waals surface area contributed by atoms with Gasteiger partial charge in [-0.15, -0.1) is 0 Å². The van der Waals surface area contributed by atoms with Crippen LogP contribution in [0.15, 0.2) is 65.5 Å². The van der Waals surface area contributed by atoms with E-state index in [1.54, 1.807) is 19.1 Å². The van der Waals surface area contributed by atoms with Gasteiger partial charge in [-0.1, -0.05) is 30.3 Å². The van der Waals surface area contributed by atoms with Crippen molar-refractivity contribution in [3.05, 3.63) is 71.1 Å². The zero-order valence-corrected chi connectivity index (χ0v) is 14.2. The molecule has 130 valence electrons. The number of hydrogen-bond donors (Lipinski definition) is 4. The number of aromatic nitrogens is 2. The first-order valence-electron chi connectivity index (χ1n) is 8.37. The van der Waals surface area contributed by atoms with E-state index in [1.807, 2.05) is 48.5 Å². The van der Waals surface area contributed by atoms with Crippen LogP contribution in [0.4, 0.5) is 11.4 Å². The first-order chi connectivity index (χ1) is 12.6. The van der Waals surface area contributed by atoms with Crippen LogP contribution in [0.5, 0.6) is 0 Å². The minimum Gasteiger partial charge on any atom is -0.374 e. The summed E-state index contributed by atoms with van der Waals surface area (Å²) in [6, 6.07) is 18.8. The first-order valence-corrected chi connectivity index (χ1v) is 8.37. The average molecular weight is 346 g/mol. The standard InChI is InChI=1S/C20H18N4O2/c1-12(21-16-8-9-17-18(11-16)24-20(26)23-17)19(25)22-15-7-6-13-4-2-3-5-14(13)10-15/h2-12,21H,1H3,(H,22,25)(H2,23,24,26). The summed E-state index contributed by atoms with van der Waals surface area (Å²) < 4.78 is 0. The maximum atomic E-state index is 12.5. The zero-order valence-electron chi connectivity index (χ0n) is 14.2. The van der Waals surface area contributed by atoms with Crippen LogP contribution < -0.4 is 16.3 Å². The Morgan fingerprint density at radius 3 is 2.46 bits per heavy atom. The summed E-state index contributed by atoms with van der Waals surface area (Å²) in [5.74, 6) is -0.136. The molecule has 0 saturated carbocycles. The van der Waals surface area contributed by atoms with Crippen molar-refractivity contribution in [2.75, 3.05) is 10.6 Å². The molecule has 1 amide bonds. The smallest absolute Gasteiger partial charge is 0.323 e. The normalized spacial score (nSPS) is 12.2. The molecule has 6 nitrogen and oxygen atoms in total. The van der Waals surface area contributed by atoms with Gasteiger partial charge in [0.1, 0.15) is 6.04 Å². The van der Waals surface area contributed by atoms with Crippen LogP contribution in [0.25, 0.3) is 21.8 Å². The molecule has 6 heteroatoms. The first kappa shape index (κ1) is 16.0.